The normalized spacial score (nSPS) is 28.1. The number of aliphatic hydroxyl groups is 8. The van der Waals surface area contributed by atoms with Crippen LogP contribution in [0.5, 0.6) is 0 Å². The number of hydrogen-bond acceptors (Lipinski definition) is 25. The first-order valence-electron chi connectivity index (χ1n) is 46.4. The lowest BCUT2D eigenvalue weighted by Crippen LogP contribution is -2.47. The van der Waals surface area contributed by atoms with Crippen LogP contribution in [0, 0.1) is 0 Å². The van der Waals surface area contributed by atoms with Gasteiger partial charge in [-0.3, -0.25) is 19.2 Å². The van der Waals surface area contributed by atoms with Gasteiger partial charge < -0.3 is 102 Å². The number of rotatable bonds is 73. The van der Waals surface area contributed by atoms with E-state index in [1.807, 2.05) is 0 Å². The number of hydrogen-bond donors (Lipinski definition) is 8. The molecule has 0 amide bonds. The molecular formula is C89H162O25. The van der Waals surface area contributed by atoms with Crippen LogP contribution in [-0.4, -0.2) is 221 Å². The van der Waals surface area contributed by atoms with Crippen LogP contribution in [0.2, 0.25) is 0 Å². The standard InChI is InChI=1S/C89H162O25/c1-5-9-13-17-21-25-29-33-37-41-45-49-53-57-71(90)102-61-66-75(94)79(98)86(108-66)113-83-77(96)68(63-104-73(92)59-55-51-47-43-39-35-31-27-23-19-15-11-7-3)110-88(83)106-65-70-82(81(100)85(101)107-70)112-89-84(78(97)69(111-89)64-105-74(93)60-56-52-48-44-40-36-32-28-24-20-16-12-8-4)114-87-80(99)76(95)67(109-87)62-103-72(91)58-54-50-46-42-38-34-30-26-22-18-14-10-6-2/h66-70,75-89,94-101H,5-65H2,1-4H3/t66-,67-,68-,69-,70-,75-,76-,77-,78-,79+,80+,81+,82-,83+,84+,85+,86+,87+,88+,89-/m1/s1. The van der Waals surface area contributed by atoms with Crippen molar-refractivity contribution in [3.8, 4) is 0 Å². The van der Waals surface area contributed by atoms with Crippen molar-refractivity contribution in [3.05, 3.63) is 0 Å². The second-order valence-electron chi connectivity index (χ2n) is 33.5. The molecule has 20 atom stereocenters. The van der Waals surface area contributed by atoms with E-state index >= 15 is 0 Å². The second-order valence-corrected chi connectivity index (χ2v) is 33.5. The van der Waals surface area contributed by atoms with Crippen LogP contribution in [-0.2, 0) is 80.8 Å². The molecule has 5 heterocycles. The maximum absolute atomic E-state index is 13.2. The summed E-state index contributed by atoms with van der Waals surface area (Å²) in [5, 5.41) is 91.8. The SMILES string of the molecule is CCCCCCCCCCCCCCCC(=O)OC[C@H]1O[C@@H](O[C@@H]2[C@@H](OC[C@H]3O[C@H](O)[C@@H](O)[C@@H]3O[C@H]3O[C@H](COC(=O)CCCCCCCCCCCCCCC)[C@@H](O)[C@@H]3O[C@@H]3O[C@H](COC(=O)CCCCCCCCCCCCCCC)[C@@H](O)[C@@H]3O)O[C@H](COC(=O)CCCCCCCCCCCCCCC)[C@H]2O)[C@@H](O)[C@@H]1O. The van der Waals surface area contributed by atoms with Gasteiger partial charge in [-0.25, -0.2) is 0 Å². The molecule has 0 unspecified atom stereocenters. The van der Waals surface area contributed by atoms with E-state index in [4.69, 9.17) is 61.6 Å². The summed E-state index contributed by atoms with van der Waals surface area (Å²) in [7, 11) is 0. The van der Waals surface area contributed by atoms with Crippen LogP contribution in [0.1, 0.15) is 387 Å². The molecule has 0 aromatic heterocycles. The molecule has 0 bridgehead atoms. The van der Waals surface area contributed by atoms with Crippen molar-refractivity contribution in [2.75, 3.05) is 33.0 Å². The summed E-state index contributed by atoms with van der Waals surface area (Å²) in [6, 6.07) is 0. The zero-order chi connectivity index (χ0) is 82.2. The van der Waals surface area contributed by atoms with Gasteiger partial charge in [0.1, 0.15) is 118 Å². The molecule has 0 saturated carbocycles. The number of ether oxygens (including phenoxy) is 13. The van der Waals surface area contributed by atoms with Gasteiger partial charge in [0, 0.05) is 25.7 Å². The average molecular weight is 1630 g/mol. The number of carbonyl (C=O) groups excluding carboxylic acids is 4. The monoisotopic (exact) mass is 1630 g/mol. The molecule has 5 aliphatic rings. The Bertz CT molecular complexity index is 2380. The van der Waals surface area contributed by atoms with Crippen molar-refractivity contribution < 1.29 is 122 Å². The van der Waals surface area contributed by atoms with E-state index in [0.29, 0.717) is 25.7 Å². The Labute approximate surface area is 685 Å². The first-order valence-corrected chi connectivity index (χ1v) is 46.4. The van der Waals surface area contributed by atoms with Crippen LogP contribution >= 0.6 is 0 Å². The minimum atomic E-state index is -1.91. The fraction of sp³-hybridized carbons (Fsp3) is 0.955. The third-order valence-corrected chi connectivity index (χ3v) is 23.4. The molecule has 5 fully saturated rings. The molecule has 25 heteroatoms. The van der Waals surface area contributed by atoms with Crippen LogP contribution in [0.3, 0.4) is 0 Å². The van der Waals surface area contributed by atoms with Crippen molar-refractivity contribution >= 4 is 23.9 Å². The van der Waals surface area contributed by atoms with Gasteiger partial charge >= 0.3 is 23.9 Å². The topological polar surface area (TPSA) is 350 Å². The molecule has 0 aliphatic carbocycles. The number of carbonyl (C=O) groups is 4. The summed E-state index contributed by atoms with van der Waals surface area (Å²) in [5.74, 6) is -2.04. The van der Waals surface area contributed by atoms with Gasteiger partial charge in [-0.05, 0) is 25.7 Å². The first kappa shape index (κ1) is 102. The highest BCUT2D eigenvalue weighted by Crippen LogP contribution is 2.37. The molecule has 8 N–H and O–H groups in total. The summed E-state index contributed by atoms with van der Waals surface area (Å²) >= 11 is 0. The highest BCUT2D eigenvalue weighted by atomic mass is 16.8. The van der Waals surface area contributed by atoms with Gasteiger partial charge in [-0.1, -0.05) is 336 Å². The van der Waals surface area contributed by atoms with Crippen LogP contribution < -0.4 is 0 Å². The molecule has 0 aromatic rings. The summed E-state index contributed by atoms with van der Waals surface area (Å²) < 4.78 is 77.5. The maximum Gasteiger partial charge on any atom is 0.305 e. The molecular weight excluding hydrogens is 1470 g/mol. The Kier molecular flexibility index (Phi) is 57.2. The van der Waals surface area contributed by atoms with Gasteiger partial charge in [0.05, 0.1) is 6.61 Å². The third-order valence-electron chi connectivity index (χ3n) is 23.4. The molecule has 0 radical (unpaired) electrons. The quantitative estimate of drug-likeness (QED) is 0.0159. The molecule has 114 heavy (non-hydrogen) atoms. The molecule has 0 aromatic carbocycles. The predicted octanol–water partition coefficient (Wildman–Crippen LogP) is 15.4. The van der Waals surface area contributed by atoms with Gasteiger partial charge in [-0.15, -0.1) is 0 Å². The van der Waals surface area contributed by atoms with Crippen molar-refractivity contribution in [2.24, 2.45) is 0 Å². The Morgan fingerprint density at radius 3 is 0.711 bits per heavy atom. The largest absolute Gasteiger partial charge is 0.463 e. The molecule has 668 valence electrons. The molecule has 5 saturated heterocycles. The van der Waals surface area contributed by atoms with Crippen LogP contribution in [0.25, 0.3) is 0 Å². The van der Waals surface area contributed by atoms with E-state index < -0.39 is 180 Å². The van der Waals surface area contributed by atoms with Crippen LogP contribution in [0.4, 0.5) is 0 Å². The molecule has 5 aliphatic heterocycles. The van der Waals surface area contributed by atoms with Crippen LogP contribution in [0.15, 0.2) is 0 Å². The Morgan fingerprint density at radius 2 is 0.439 bits per heavy atom. The lowest BCUT2D eigenvalue weighted by molar-refractivity contribution is -0.270. The van der Waals surface area contributed by atoms with Crippen molar-refractivity contribution in [3.63, 3.8) is 0 Å². The van der Waals surface area contributed by atoms with Gasteiger partial charge in [0.2, 0.25) is 0 Å². The summed E-state index contributed by atoms with van der Waals surface area (Å²) in [6.07, 6.45) is 28.3. The predicted molar refractivity (Wildman–Crippen MR) is 433 cm³/mol. The van der Waals surface area contributed by atoms with Crippen molar-refractivity contribution in [2.45, 2.75) is 510 Å². The van der Waals surface area contributed by atoms with Gasteiger partial charge in [0.25, 0.3) is 0 Å². The number of esters is 4. The minimum absolute atomic E-state index is 0.115. The molecule has 25 nitrogen and oxygen atoms in total. The van der Waals surface area contributed by atoms with Gasteiger partial charge in [0.15, 0.2) is 31.5 Å². The van der Waals surface area contributed by atoms with E-state index in [1.165, 1.54) is 205 Å². The number of unbranched alkanes of at least 4 members (excludes halogenated alkanes) is 48. The zero-order valence-electron chi connectivity index (χ0n) is 71.2. The third kappa shape index (κ3) is 42.1. The van der Waals surface area contributed by atoms with E-state index in [-0.39, 0.29) is 25.7 Å². The van der Waals surface area contributed by atoms with E-state index in [2.05, 4.69) is 27.7 Å². The fourth-order valence-electron chi connectivity index (χ4n) is 16.0. The van der Waals surface area contributed by atoms with Crippen molar-refractivity contribution in [1.82, 2.24) is 0 Å². The van der Waals surface area contributed by atoms with Gasteiger partial charge in [-0.2, -0.15) is 0 Å². The average Bonchev–Trinajstić information content (AvgIpc) is 1.64. The second kappa shape index (κ2) is 64.1. The highest BCUT2D eigenvalue weighted by molar-refractivity contribution is 5.70. The van der Waals surface area contributed by atoms with E-state index in [0.717, 1.165) is 103 Å². The highest BCUT2D eigenvalue weighted by Gasteiger charge is 2.56. The Morgan fingerprint density at radius 1 is 0.219 bits per heavy atom. The summed E-state index contributed by atoms with van der Waals surface area (Å²) in [4.78, 5) is 52.3. The summed E-state index contributed by atoms with van der Waals surface area (Å²) in [6.45, 7) is 6.54. The minimum Gasteiger partial charge on any atom is -0.463 e. The Balaban J connectivity index is 1.20. The fourth-order valence-corrected chi connectivity index (χ4v) is 16.0. The van der Waals surface area contributed by atoms with E-state index in [9.17, 15) is 60.0 Å². The smallest absolute Gasteiger partial charge is 0.305 e. The first-order chi connectivity index (χ1) is 55.5. The van der Waals surface area contributed by atoms with Crippen molar-refractivity contribution in [1.29, 1.82) is 0 Å². The zero-order valence-corrected chi connectivity index (χ0v) is 71.2. The molecule has 0 spiro atoms. The maximum atomic E-state index is 13.2. The lowest BCUT2D eigenvalue weighted by Gasteiger charge is -2.30. The van der Waals surface area contributed by atoms with E-state index in [1.54, 1.807) is 0 Å². The lowest BCUT2D eigenvalue weighted by atomic mass is 10.0. The molecule has 5 rings (SSSR count). The summed E-state index contributed by atoms with van der Waals surface area (Å²) in [5.41, 5.74) is 0. The number of aliphatic hydroxyl groups excluding tert-OH is 8. The Hall–Kier alpha value is -2.80.